The topological polar surface area (TPSA) is 161 Å². The Kier molecular flexibility index (Phi) is 99.2. The molecule has 10 heteroatoms. The Morgan fingerprint density at radius 2 is 0.244 bits per heavy atom. The van der Waals surface area contributed by atoms with Gasteiger partial charge in [-0.05, 0) is 51.4 Å². The van der Waals surface area contributed by atoms with E-state index in [9.17, 15) is 39.6 Å². The minimum Gasteiger partial charge on any atom is -0.550 e. The zero-order valence-electron chi connectivity index (χ0n) is 55.3. The molecule has 0 atom stereocenters. The molecule has 0 aromatic heterocycles. The van der Waals surface area contributed by atoms with Gasteiger partial charge >= 0.3 is 30.3 Å². The van der Waals surface area contributed by atoms with Crippen LogP contribution in [0.25, 0.3) is 0 Å². The molecule has 0 amide bonds. The fraction of sp³-hybridized carbons (Fsp3) is 0.944. The monoisotopic (exact) mass is 1220 g/mol. The molecule has 0 aliphatic rings. The van der Waals surface area contributed by atoms with Crippen LogP contribution in [-0.2, 0) is 49.5 Å². The third-order valence-corrected chi connectivity index (χ3v) is 15.9. The molecule has 0 aliphatic heterocycles. The SMILES string of the molecule is CCCCCCCCCCCCCCCCCC(=O)[O-].CCCCCCCCCCCCCCCCCC(=O)[O-].CCCCCCCCCCCCCCCCCC(=O)[O-].CCCCCCCCCCCCCCCCCC(=O)[O-].[Co+2].[S+2]. The first kappa shape index (κ1) is 91.9. The van der Waals surface area contributed by atoms with Crippen molar-refractivity contribution < 1.29 is 56.4 Å². The molecule has 0 saturated carbocycles. The van der Waals surface area contributed by atoms with Crippen LogP contribution in [-0.4, -0.2) is 23.9 Å². The Morgan fingerprint density at radius 3 is 0.317 bits per heavy atom. The zero-order chi connectivity index (χ0) is 59.6. The summed E-state index contributed by atoms with van der Waals surface area (Å²) in [5, 5.41) is 40.9. The van der Waals surface area contributed by atoms with Gasteiger partial charge in [0.2, 0.25) is 0 Å². The van der Waals surface area contributed by atoms with Crippen LogP contribution in [0.1, 0.15) is 439 Å². The summed E-state index contributed by atoms with van der Waals surface area (Å²) in [6.45, 7) is 9.07. The summed E-state index contributed by atoms with van der Waals surface area (Å²) in [7, 11) is 0. The Bertz CT molecular complexity index is 998. The maximum absolute atomic E-state index is 10.2. The van der Waals surface area contributed by atoms with Gasteiger partial charge in [0.25, 0.3) is 0 Å². The first-order valence-corrected chi connectivity index (χ1v) is 35.9. The fourth-order valence-electron chi connectivity index (χ4n) is 10.6. The van der Waals surface area contributed by atoms with Crippen molar-refractivity contribution >= 4 is 37.4 Å². The molecule has 82 heavy (non-hydrogen) atoms. The zero-order valence-corrected chi connectivity index (χ0v) is 57.1. The number of aliphatic carboxylic acids is 4. The van der Waals surface area contributed by atoms with Crippen LogP contribution in [0.3, 0.4) is 0 Å². The van der Waals surface area contributed by atoms with Crippen LogP contribution in [0.4, 0.5) is 0 Å². The summed E-state index contributed by atoms with van der Waals surface area (Å²) < 4.78 is 0. The molecule has 0 N–H and O–H groups in total. The van der Waals surface area contributed by atoms with Crippen molar-refractivity contribution in [2.24, 2.45) is 0 Å². The number of carbonyl (C=O) groups is 4. The number of carbonyl (C=O) groups excluding carboxylic acids is 4. The molecule has 0 aromatic rings. The molecule has 0 aliphatic carbocycles. The van der Waals surface area contributed by atoms with Crippen molar-refractivity contribution in [3.8, 4) is 0 Å². The summed E-state index contributed by atoms with van der Waals surface area (Å²) >= 11 is 0. The smallest absolute Gasteiger partial charge is 0.550 e. The molecule has 0 spiro atoms. The van der Waals surface area contributed by atoms with Crippen LogP contribution in [0.5, 0.6) is 0 Å². The molecule has 0 saturated heterocycles. The van der Waals surface area contributed by atoms with E-state index in [1.165, 1.54) is 334 Å². The summed E-state index contributed by atoms with van der Waals surface area (Å²) in [6.07, 6.45) is 79.4. The number of unbranched alkanes of at least 4 members (excludes halogenated alkanes) is 56. The second-order valence-corrected chi connectivity index (χ2v) is 24.3. The molecular weight excluding hydrogens is 1080 g/mol. The summed E-state index contributed by atoms with van der Waals surface area (Å²) in [6, 6.07) is 0. The van der Waals surface area contributed by atoms with Crippen molar-refractivity contribution in [3.05, 3.63) is 0 Å². The maximum Gasteiger partial charge on any atom is 2.00 e. The number of carboxylic acids is 4. The second-order valence-electron chi connectivity index (χ2n) is 24.3. The van der Waals surface area contributed by atoms with Gasteiger partial charge in [0.15, 0.2) is 0 Å². The minimum absolute atomic E-state index is 0. The normalized spacial score (nSPS) is 10.6. The third kappa shape index (κ3) is 107. The standard InChI is InChI=1S/4C18H36O2.Co.S/c4*1-2-3-4-5-6-7-8-9-10-11-12-13-14-15-16-17-18(19)20;;/h4*2-17H2,1H3,(H,19,20);;/q;;;;2*+2/p-4. The Labute approximate surface area is 529 Å². The number of rotatable bonds is 64. The fourth-order valence-corrected chi connectivity index (χ4v) is 10.6. The Balaban J connectivity index is -0.000000233. The summed E-state index contributed by atoms with van der Waals surface area (Å²) in [4.78, 5) is 40.9. The van der Waals surface area contributed by atoms with E-state index < -0.39 is 23.9 Å². The van der Waals surface area contributed by atoms with E-state index in [-0.39, 0.29) is 56.0 Å². The van der Waals surface area contributed by atoms with Gasteiger partial charge in [0, 0.05) is 23.9 Å². The molecule has 0 heterocycles. The minimum atomic E-state index is -0.903. The van der Waals surface area contributed by atoms with E-state index in [0.29, 0.717) is 0 Å². The maximum atomic E-state index is 10.2. The first-order valence-electron chi connectivity index (χ1n) is 35.9. The van der Waals surface area contributed by atoms with Crippen molar-refractivity contribution in [2.45, 2.75) is 439 Å². The van der Waals surface area contributed by atoms with E-state index in [1.807, 2.05) is 0 Å². The predicted molar refractivity (Wildman–Crippen MR) is 346 cm³/mol. The number of carboxylic acid groups (broad SMARTS) is 4. The van der Waals surface area contributed by atoms with E-state index in [2.05, 4.69) is 27.7 Å². The van der Waals surface area contributed by atoms with Gasteiger partial charge in [-0.1, -0.05) is 387 Å². The predicted octanol–water partition coefficient (Wildman–Crippen LogP) is 20.0. The van der Waals surface area contributed by atoms with Gasteiger partial charge in [-0.25, -0.2) is 0 Å². The van der Waals surface area contributed by atoms with E-state index >= 15 is 0 Å². The summed E-state index contributed by atoms with van der Waals surface area (Å²) in [5.74, 6) is -3.61. The van der Waals surface area contributed by atoms with Crippen LogP contribution < -0.4 is 20.4 Å². The number of hydrogen-bond donors (Lipinski definition) is 0. The van der Waals surface area contributed by atoms with Crippen LogP contribution in [0, 0.1) is 0 Å². The van der Waals surface area contributed by atoms with Crippen LogP contribution in [0.15, 0.2) is 0 Å². The Hall–Kier alpha value is -1.26. The van der Waals surface area contributed by atoms with Crippen molar-refractivity contribution in [1.82, 2.24) is 0 Å². The van der Waals surface area contributed by atoms with Crippen molar-refractivity contribution in [2.75, 3.05) is 0 Å². The molecular formula is C72H140CoO8S. The third-order valence-electron chi connectivity index (χ3n) is 15.9. The number of hydrogen-bond acceptors (Lipinski definition) is 8. The first-order chi connectivity index (χ1) is 39.1. The molecule has 0 unspecified atom stereocenters. The second kappa shape index (κ2) is 88.5. The summed E-state index contributed by atoms with van der Waals surface area (Å²) in [5.41, 5.74) is 0. The van der Waals surface area contributed by atoms with Gasteiger partial charge in [0.1, 0.15) is 0 Å². The molecule has 491 valence electrons. The van der Waals surface area contributed by atoms with E-state index in [0.717, 1.165) is 51.4 Å². The van der Waals surface area contributed by atoms with Gasteiger partial charge in [-0.3, -0.25) is 0 Å². The largest absolute Gasteiger partial charge is 2.00 e. The molecule has 0 bridgehead atoms. The van der Waals surface area contributed by atoms with Crippen LogP contribution in [0.2, 0.25) is 0 Å². The van der Waals surface area contributed by atoms with Gasteiger partial charge in [-0.15, -0.1) is 0 Å². The average molecular weight is 1220 g/mol. The molecule has 0 rings (SSSR count). The quantitative estimate of drug-likeness (QED) is 0.0544. The van der Waals surface area contributed by atoms with Gasteiger partial charge in [-0.2, -0.15) is 0 Å². The van der Waals surface area contributed by atoms with E-state index in [1.54, 1.807) is 0 Å². The molecule has 0 fully saturated rings. The molecule has 8 nitrogen and oxygen atoms in total. The Morgan fingerprint density at radius 1 is 0.171 bits per heavy atom. The molecule has 5 radical (unpaired) electrons. The van der Waals surface area contributed by atoms with Gasteiger partial charge in [0.05, 0.1) is 0 Å². The van der Waals surface area contributed by atoms with Crippen molar-refractivity contribution in [1.29, 1.82) is 0 Å². The van der Waals surface area contributed by atoms with Gasteiger partial charge < -0.3 is 39.6 Å². The van der Waals surface area contributed by atoms with E-state index in [4.69, 9.17) is 0 Å². The van der Waals surface area contributed by atoms with Crippen LogP contribution >= 0.6 is 0 Å². The molecule has 0 aromatic carbocycles. The average Bonchev–Trinajstić information content (AvgIpc) is 3.43. The van der Waals surface area contributed by atoms with Crippen molar-refractivity contribution in [3.63, 3.8) is 0 Å².